The summed E-state index contributed by atoms with van der Waals surface area (Å²) in [6.07, 6.45) is 0. The summed E-state index contributed by atoms with van der Waals surface area (Å²) in [5.74, 6) is 0.797. The third kappa shape index (κ3) is 5.65. The molecule has 7 nitrogen and oxygen atoms in total. The van der Waals surface area contributed by atoms with Crippen molar-refractivity contribution >= 4 is 11.7 Å². The summed E-state index contributed by atoms with van der Waals surface area (Å²) in [5.41, 5.74) is 2.81. The van der Waals surface area contributed by atoms with E-state index in [4.69, 9.17) is 14.0 Å². The third-order valence-corrected chi connectivity index (χ3v) is 4.85. The highest BCUT2D eigenvalue weighted by Gasteiger charge is 2.13. The zero-order valence-electron chi connectivity index (χ0n) is 18.0. The van der Waals surface area contributed by atoms with E-state index in [2.05, 4.69) is 10.1 Å². The zero-order valence-corrected chi connectivity index (χ0v) is 18.0. The molecule has 1 N–H and O–H groups in total. The Labute approximate surface area is 190 Å². The number of hydrogen-bond acceptors (Lipinski definition) is 6. The second-order valence-corrected chi connectivity index (χ2v) is 7.21. The van der Waals surface area contributed by atoms with Crippen molar-refractivity contribution < 1.29 is 23.9 Å². The number of oxime groups is 1. The quantitative estimate of drug-likeness (QED) is 0.282. The Balaban J connectivity index is 1.33. The summed E-state index contributed by atoms with van der Waals surface area (Å²) in [5, 5.41) is 13.2. The van der Waals surface area contributed by atoms with Crippen LogP contribution in [0.1, 0.15) is 22.6 Å². The molecular weight excluding hydrogens is 420 g/mol. The molecule has 0 saturated carbocycles. The normalized spacial score (nSPS) is 11.2. The Morgan fingerprint density at radius 3 is 2.27 bits per heavy atom. The fourth-order valence-corrected chi connectivity index (χ4v) is 3.08. The van der Waals surface area contributed by atoms with Crippen molar-refractivity contribution in [3.8, 4) is 17.2 Å². The lowest BCUT2D eigenvalue weighted by Crippen LogP contribution is -2.14. The lowest BCUT2D eigenvalue weighted by Gasteiger charge is -2.06. The van der Waals surface area contributed by atoms with Gasteiger partial charge < -0.3 is 19.1 Å². The minimum Gasteiger partial charge on any atom is -0.487 e. The zero-order chi connectivity index (χ0) is 23.0. The number of ether oxygens (including phenoxy) is 1. The lowest BCUT2D eigenvalue weighted by molar-refractivity contribution is -0.129. The largest absolute Gasteiger partial charge is 0.487 e. The van der Waals surface area contributed by atoms with Crippen molar-refractivity contribution in [2.24, 2.45) is 5.16 Å². The van der Waals surface area contributed by atoms with E-state index in [1.807, 2.05) is 61.5 Å². The first-order valence-electron chi connectivity index (χ1n) is 10.3. The number of aryl methyl sites for hydroxylation is 1. The molecule has 0 fully saturated rings. The Hall–Kier alpha value is -4.39. The molecule has 0 aliphatic rings. The highest BCUT2D eigenvalue weighted by molar-refractivity contribution is 6.42. The van der Waals surface area contributed by atoms with Crippen molar-refractivity contribution in [1.82, 2.24) is 4.98 Å². The van der Waals surface area contributed by atoms with Crippen LogP contribution in [0.4, 0.5) is 0 Å². The molecule has 0 radical (unpaired) electrons. The maximum atomic E-state index is 11.4. The minimum atomic E-state index is -1.15. The maximum absolute atomic E-state index is 11.4. The average molecular weight is 442 g/mol. The van der Waals surface area contributed by atoms with Gasteiger partial charge in [0.1, 0.15) is 30.4 Å². The Morgan fingerprint density at radius 1 is 0.939 bits per heavy atom. The van der Waals surface area contributed by atoms with Crippen LogP contribution in [-0.4, -0.2) is 21.8 Å². The van der Waals surface area contributed by atoms with E-state index < -0.39 is 5.97 Å². The maximum Gasteiger partial charge on any atom is 0.358 e. The third-order valence-electron chi connectivity index (χ3n) is 4.85. The fraction of sp³-hybridized carbons (Fsp3) is 0.115. The summed E-state index contributed by atoms with van der Waals surface area (Å²) in [7, 11) is 0. The number of aromatic nitrogens is 1. The number of aliphatic carboxylic acids is 1. The van der Waals surface area contributed by atoms with Gasteiger partial charge in [-0.25, -0.2) is 9.78 Å². The molecule has 0 spiro atoms. The molecular formula is C26H22N2O5. The number of benzene rings is 3. The predicted octanol–water partition coefficient (Wildman–Crippen LogP) is 5.23. The van der Waals surface area contributed by atoms with Crippen LogP contribution < -0.4 is 4.74 Å². The van der Waals surface area contributed by atoms with E-state index in [-0.39, 0.29) is 18.9 Å². The number of nitrogens with zero attached hydrogens (tertiary/aromatic N) is 2. The molecule has 166 valence electrons. The molecule has 0 saturated heterocycles. The predicted molar refractivity (Wildman–Crippen MR) is 123 cm³/mol. The standard InChI is InChI=1S/C26H22N2O5/c1-18-23(27-25(33-18)21-10-6-3-7-11-21)17-31-22-14-12-19(13-15-22)16-32-28-24(26(29)30)20-8-4-2-5-9-20/h2-15H,16-17H2,1H3,(H,29,30)/b28-24+. The van der Waals surface area contributed by atoms with Gasteiger partial charge in [0.25, 0.3) is 0 Å². The van der Waals surface area contributed by atoms with Gasteiger partial charge in [0.2, 0.25) is 5.89 Å². The topological polar surface area (TPSA) is 94.2 Å². The number of rotatable bonds is 9. The van der Waals surface area contributed by atoms with Crippen molar-refractivity contribution in [1.29, 1.82) is 0 Å². The van der Waals surface area contributed by atoms with E-state index in [0.29, 0.717) is 23.0 Å². The molecule has 0 aliphatic heterocycles. The van der Waals surface area contributed by atoms with Gasteiger partial charge in [-0.3, -0.25) is 0 Å². The van der Waals surface area contributed by atoms with Gasteiger partial charge in [-0.05, 0) is 36.8 Å². The molecule has 1 heterocycles. The Kier molecular flexibility index (Phi) is 6.80. The molecule has 0 atom stereocenters. The van der Waals surface area contributed by atoms with Crippen molar-refractivity contribution in [2.75, 3.05) is 0 Å². The number of oxazole rings is 1. The second kappa shape index (κ2) is 10.3. The van der Waals surface area contributed by atoms with Crippen molar-refractivity contribution in [3.63, 3.8) is 0 Å². The van der Waals surface area contributed by atoms with E-state index >= 15 is 0 Å². The molecule has 4 aromatic rings. The first-order valence-corrected chi connectivity index (χ1v) is 10.3. The number of carboxylic acids is 1. The van der Waals surface area contributed by atoms with Crippen molar-refractivity contribution in [3.05, 3.63) is 108 Å². The number of carbonyl (C=O) groups is 1. The molecule has 1 aromatic heterocycles. The smallest absolute Gasteiger partial charge is 0.358 e. The average Bonchev–Trinajstić information content (AvgIpc) is 3.22. The molecule has 7 heteroatoms. The molecule has 3 aromatic carbocycles. The SMILES string of the molecule is Cc1oc(-c2ccccc2)nc1COc1ccc(CO/N=C(/C(=O)O)c2ccccc2)cc1. The van der Waals surface area contributed by atoms with Gasteiger partial charge in [0.15, 0.2) is 5.71 Å². The van der Waals surface area contributed by atoms with Crippen LogP contribution in [0.5, 0.6) is 5.75 Å². The summed E-state index contributed by atoms with van der Waals surface area (Å²) in [4.78, 5) is 21.2. The Morgan fingerprint density at radius 2 is 1.61 bits per heavy atom. The summed E-state index contributed by atoms with van der Waals surface area (Å²) in [6.45, 7) is 2.27. The van der Waals surface area contributed by atoms with Gasteiger partial charge in [-0.2, -0.15) is 0 Å². The Bertz CT molecular complexity index is 1230. The van der Waals surface area contributed by atoms with E-state index in [1.165, 1.54) is 0 Å². The monoisotopic (exact) mass is 442 g/mol. The van der Waals surface area contributed by atoms with Crippen LogP contribution in [0.3, 0.4) is 0 Å². The lowest BCUT2D eigenvalue weighted by atomic mass is 10.1. The summed E-state index contributed by atoms with van der Waals surface area (Å²) >= 11 is 0. The van der Waals surface area contributed by atoms with Gasteiger partial charge in [-0.15, -0.1) is 0 Å². The van der Waals surface area contributed by atoms with Crippen LogP contribution in [0.2, 0.25) is 0 Å². The van der Waals surface area contributed by atoms with Gasteiger partial charge in [-0.1, -0.05) is 65.8 Å². The van der Waals surface area contributed by atoms with Crippen LogP contribution in [-0.2, 0) is 22.8 Å². The molecule has 0 amide bonds. The first kappa shape index (κ1) is 21.8. The summed E-state index contributed by atoms with van der Waals surface area (Å²) < 4.78 is 11.6. The highest BCUT2D eigenvalue weighted by Crippen LogP contribution is 2.23. The van der Waals surface area contributed by atoms with E-state index in [1.54, 1.807) is 30.3 Å². The van der Waals surface area contributed by atoms with Crippen molar-refractivity contribution in [2.45, 2.75) is 20.1 Å². The van der Waals surface area contributed by atoms with E-state index in [9.17, 15) is 9.90 Å². The molecule has 0 bridgehead atoms. The van der Waals surface area contributed by atoms with E-state index in [0.717, 1.165) is 16.8 Å². The fourth-order valence-electron chi connectivity index (χ4n) is 3.08. The van der Waals surface area contributed by atoms with Crippen LogP contribution in [0, 0.1) is 6.92 Å². The van der Waals surface area contributed by atoms with Crippen LogP contribution >= 0.6 is 0 Å². The number of carboxylic acid groups (broad SMARTS) is 1. The molecule has 0 unspecified atom stereocenters. The van der Waals surface area contributed by atoms with Gasteiger partial charge in [0, 0.05) is 11.1 Å². The highest BCUT2D eigenvalue weighted by atomic mass is 16.6. The number of hydrogen-bond donors (Lipinski definition) is 1. The second-order valence-electron chi connectivity index (χ2n) is 7.21. The minimum absolute atomic E-state index is 0.132. The van der Waals surface area contributed by atoms with Crippen LogP contribution in [0.15, 0.2) is 94.5 Å². The summed E-state index contributed by atoms with van der Waals surface area (Å²) in [6, 6.07) is 25.6. The molecule has 0 aliphatic carbocycles. The molecule has 33 heavy (non-hydrogen) atoms. The first-order chi connectivity index (χ1) is 16.1. The van der Waals surface area contributed by atoms with Crippen LogP contribution in [0.25, 0.3) is 11.5 Å². The molecule has 4 rings (SSSR count). The van der Waals surface area contributed by atoms with Gasteiger partial charge >= 0.3 is 5.97 Å². The van der Waals surface area contributed by atoms with Gasteiger partial charge in [0.05, 0.1) is 0 Å².